The van der Waals surface area contributed by atoms with Gasteiger partial charge in [-0.25, -0.2) is 4.79 Å². The Kier molecular flexibility index (Phi) is 20.0. The quantitative estimate of drug-likeness (QED) is 0.137. The van der Waals surface area contributed by atoms with E-state index < -0.39 is 5.97 Å². The summed E-state index contributed by atoms with van der Waals surface area (Å²) in [6, 6.07) is 0. The first-order chi connectivity index (χ1) is 13.2. The largest absolute Gasteiger partial charge is 0.462 e. The van der Waals surface area contributed by atoms with Gasteiger partial charge in [0.1, 0.15) is 13.2 Å². The van der Waals surface area contributed by atoms with E-state index in [1.165, 1.54) is 83.5 Å². The van der Waals surface area contributed by atoms with Crippen LogP contribution >= 0.6 is 0 Å². The monoisotopic (exact) mass is 382 g/mol. The normalized spacial score (nSPS) is 10.6. The second-order valence-corrected chi connectivity index (χ2v) is 7.29. The summed E-state index contributed by atoms with van der Waals surface area (Å²) in [5.41, 5.74) is 0. The van der Waals surface area contributed by atoms with Crippen LogP contribution in [0.1, 0.15) is 110 Å². The lowest BCUT2D eigenvalue weighted by Gasteiger charge is -2.05. The number of hydrogen-bond acceptors (Lipinski definition) is 4. The zero-order chi connectivity index (χ0) is 20.0. The van der Waals surface area contributed by atoms with Gasteiger partial charge in [-0.05, 0) is 6.42 Å². The highest BCUT2D eigenvalue weighted by Crippen LogP contribution is 2.13. The maximum Gasteiger partial charge on any atom is 0.330 e. The van der Waals surface area contributed by atoms with E-state index in [1.54, 1.807) is 0 Å². The molecular formula is C23H42O4. The first kappa shape index (κ1) is 25.7. The Morgan fingerprint density at radius 2 is 1.07 bits per heavy atom. The molecule has 0 aromatic heterocycles. The summed E-state index contributed by atoms with van der Waals surface area (Å²) in [6.07, 6.45) is 21.2. The standard InChI is InChI=1S/C23H42O4/c1-3-5-6-7-8-9-10-11-12-13-14-15-16-17-18-19-23(25)27-21-20-26-22(24)4-2/h4H,2-3,5-21H2,1H3. The lowest BCUT2D eigenvalue weighted by atomic mass is 10.0. The number of carbonyl (C=O) groups is 2. The van der Waals surface area contributed by atoms with Gasteiger partial charge in [0, 0.05) is 12.5 Å². The summed E-state index contributed by atoms with van der Waals surface area (Å²) in [6.45, 7) is 5.78. The third-order valence-corrected chi connectivity index (χ3v) is 4.74. The molecule has 0 atom stereocenters. The third kappa shape index (κ3) is 20.8. The van der Waals surface area contributed by atoms with Crippen LogP contribution in [0.25, 0.3) is 0 Å². The SMILES string of the molecule is C=CC(=O)OCCOC(=O)CCCCCCCCCCCCCCCCC. The van der Waals surface area contributed by atoms with Crippen molar-refractivity contribution in [2.24, 2.45) is 0 Å². The van der Waals surface area contributed by atoms with Crippen molar-refractivity contribution in [3.63, 3.8) is 0 Å². The predicted molar refractivity (Wildman–Crippen MR) is 112 cm³/mol. The molecule has 0 aliphatic carbocycles. The summed E-state index contributed by atoms with van der Waals surface area (Å²) in [7, 11) is 0. The first-order valence-corrected chi connectivity index (χ1v) is 11.2. The lowest BCUT2D eigenvalue weighted by molar-refractivity contribution is -0.149. The highest BCUT2D eigenvalue weighted by molar-refractivity contribution is 5.81. The van der Waals surface area contributed by atoms with E-state index in [9.17, 15) is 9.59 Å². The average molecular weight is 383 g/mol. The number of hydrogen-bond donors (Lipinski definition) is 0. The van der Waals surface area contributed by atoms with Crippen molar-refractivity contribution in [1.29, 1.82) is 0 Å². The molecule has 0 aromatic rings. The molecular weight excluding hydrogens is 340 g/mol. The summed E-state index contributed by atoms with van der Waals surface area (Å²) in [5.74, 6) is -0.701. The molecule has 0 aromatic carbocycles. The fourth-order valence-electron chi connectivity index (χ4n) is 3.07. The van der Waals surface area contributed by atoms with Crippen molar-refractivity contribution in [3.05, 3.63) is 12.7 Å². The molecule has 0 N–H and O–H groups in total. The minimum Gasteiger partial charge on any atom is -0.462 e. The van der Waals surface area contributed by atoms with Crippen LogP contribution in [0.15, 0.2) is 12.7 Å². The number of rotatable bonds is 20. The molecule has 4 nitrogen and oxygen atoms in total. The van der Waals surface area contributed by atoms with Gasteiger partial charge in [-0.1, -0.05) is 103 Å². The maximum absolute atomic E-state index is 11.5. The van der Waals surface area contributed by atoms with Gasteiger partial charge in [0.2, 0.25) is 0 Å². The zero-order valence-corrected chi connectivity index (χ0v) is 17.6. The minimum absolute atomic E-state index is 0.0927. The molecule has 0 heterocycles. The van der Waals surface area contributed by atoms with E-state index in [1.807, 2.05) is 0 Å². The Labute approximate surface area is 167 Å². The first-order valence-electron chi connectivity index (χ1n) is 11.2. The third-order valence-electron chi connectivity index (χ3n) is 4.74. The van der Waals surface area contributed by atoms with E-state index >= 15 is 0 Å². The van der Waals surface area contributed by atoms with Crippen LogP contribution in [0.2, 0.25) is 0 Å². The Bertz CT molecular complexity index is 365. The number of ether oxygens (including phenoxy) is 2. The van der Waals surface area contributed by atoms with Crippen LogP contribution in [0.4, 0.5) is 0 Å². The van der Waals surface area contributed by atoms with E-state index in [4.69, 9.17) is 9.47 Å². The molecule has 0 saturated carbocycles. The summed E-state index contributed by atoms with van der Waals surface area (Å²) < 4.78 is 9.74. The van der Waals surface area contributed by atoms with Crippen LogP contribution in [-0.2, 0) is 19.1 Å². The van der Waals surface area contributed by atoms with E-state index in [0.29, 0.717) is 6.42 Å². The Hall–Kier alpha value is -1.32. The second kappa shape index (κ2) is 21.0. The highest BCUT2D eigenvalue weighted by atomic mass is 16.6. The molecule has 0 spiro atoms. The smallest absolute Gasteiger partial charge is 0.330 e. The summed E-state index contributed by atoms with van der Waals surface area (Å²) >= 11 is 0. The number of unbranched alkanes of at least 4 members (excludes halogenated alkanes) is 14. The van der Waals surface area contributed by atoms with Gasteiger partial charge < -0.3 is 9.47 Å². The molecule has 4 heteroatoms. The molecule has 0 rings (SSSR count). The number of esters is 2. The van der Waals surface area contributed by atoms with Crippen LogP contribution in [-0.4, -0.2) is 25.2 Å². The summed E-state index contributed by atoms with van der Waals surface area (Å²) in [5, 5.41) is 0. The van der Waals surface area contributed by atoms with Gasteiger partial charge in [0.05, 0.1) is 0 Å². The van der Waals surface area contributed by atoms with E-state index in [2.05, 4.69) is 13.5 Å². The van der Waals surface area contributed by atoms with Gasteiger partial charge in [-0.3, -0.25) is 4.79 Å². The minimum atomic E-state index is -0.492. The molecule has 0 fully saturated rings. The van der Waals surface area contributed by atoms with Crippen molar-refractivity contribution in [3.8, 4) is 0 Å². The Balaban J connectivity index is 3.16. The van der Waals surface area contributed by atoms with Crippen molar-refractivity contribution >= 4 is 11.9 Å². The van der Waals surface area contributed by atoms with Gasteiger partial charge in [0.15, 0.2) is 0 Å². The molecule has 0 amide bonds. The van der Waals surface area contributed by atoms with E-state index in [0.717, 1.165) is 18.9 Å². The highest BCUT2D eigenvalue weighted by Gasteiger charge is 2.03. The average Bonchev–Trinajstić information content (AvgIpc) is 2.68. The molecule has 0 saturated heterocycles. The van der Waals surface area contributed by atoms with Gasteiger partial charge in [0.25, 0.3) is 0 Å². The predicted octanol–water partition coefficient (Wildman–Crippen LogP) is 6.52. The molecule has 0 radical (unpaired) electrons. The maximum atomic E-state index is 11.5. The van der Waals surface area contributed by atoms with Crippen molar-refractivity contribution in [2.45, 2.75) is 110 Å². The van der Waals surface area contributed by atoms with Crippen LogP contribution in [0, 0.1) is 0 Å². The second-order valence-electron chi connectivity index (χ2n) is 7.29. The fraction of sp³-hybridized carbons (Fsp3) is 0.826. The van der Waals surface area contributed by atoms with Crippen LogP contribution in [0.5, 0.6) is 0 Å². The van der Waals surface area contributed by atoms with E-state index in [-0.39, 0.29) is 19.2 Å². The molecule has 0 unspecified atom stereocenters. The molecule has 27 heavy (non-hydrogen) atoms. The van der Waals surface area contributed by atoms with Crippen molar-refractivity contribution in [2.75, 3.05) is 13.2 Å². The number of carbonyl (C=O) groups excluding carboxylic acids is 2. The summed E-state index contributed by atoms with van der Waals surface area (Å²) in [4.78, 5) is 22.3. The fourth-order valence-corrected chi connectivity index (χ4v) is 3.07. The Morgan fingerprint density at radius 1 is 0.667 bits per heavy atom. The zero-order valence-electron chi connectivity index (χ0n) is 17.6. The van der Waals surface area contributed by atoms with Gasteiger partial charge in [-0.15, -0.1) is 0 Å². The van der Waals surface area contributed by atoms with Crippen LogP contribution < -0.4 is 0 Å². The van der Waals surface area contributed by atoms with Gasteiger partial charge in [-0.2, -0.15) is 0 Å². The molecule has 158 valence electrons. The Morgan fingerprint density at radius 3 is 1.52 bits per heavy atom. The molecule has 0 aliphatic heterocycles. The molecule has 0 aliphatic rings. The topological polar surface area (TPSA) is 52.6 Å². The van der Waals surface area contributed by atoms with Crippen molar-refractivity contribution in [1.82, 2.24) is 0 Å². The molecule has 0 bridgehead atoms. The van der Waals surface area contributed by atoms with Gasteiger partial charge >= 0.3 is 11.9 Å². The van der Waals surface area contributed by atoms with Crippen molar-refractivity contribution < 1.29 is 19.1 Å². The van der Waals surface area contributed by atoms with Crippen LogP contribution in [0.3, 0.4) is 0 Å². The lowest BCUT2D eigenvalue weighted by Crippen LogP contribution is -2.12.